The summed E-state index contributed by atoms with van der Waals surface area (Å²) in [6, 6.07) is 0.462. The molecule has 3 aliphatic rings. The molecule has 1 aliphatic carbocycles. The Balaban J connectivity index is 1.72. The second kappa shape index (κ2) is 5.80. The largest absolute Gasteiger partial charge is 0.464 e. The topological polar surface area (TPSA) is 38.8 Å². The molecule has 0 spiro atoms. The van der Waals surface area contributed by atoms with Gasteiger partial charge in [-0.15, -0.1) is 0 Å². The van der Waals surface area contributed by atoms with E-state index in [-0.39, 0.29) is 12.1 Å². The summed E-state index contributed by atoms with van der Waals surface area (Å²) in [5, 5.41) is 2.12. The normalized spacial score (nSPS) is 39.2. The Kier molecular flexibility index (Phi) is 4.08. The summed E-state index contributed by atoms with van der Waals surface area (Å²) in [5.74, 6) is 0.923. The molecule has 4 nitrogen and oxygen atoms in total. The van der Waals surface area contributed by atoms with Crippen LogP contribution >= 0.6 is 0 Å². The second-order valence-electron chi connectivity index (χ2n) is 6.11. The Morgan fingerprint density at radius 1 is 1.21 bits per heavy atom. The first kappa shape index (κ1) is 13.4. The van der Waals surface area contributed by atoms with Gasteiger partial charge in [0.25, 0.3) is 0 Å². The molecular formula is C15H25NO3. The molecule has 4 atom stereocenters. The molecule has 2 saturated heterocycles. The van der Waals surface area contributed by atoms with Crippen LogP contribution in [0.4, 0.5) is 0 Å². The monoisotopic (exact) mass is 267 g/mol. The third-order valence-electron chi connectivity index (χ3n) is 4.98. The lowest BCUT2D eigenvalue weighted by molar-refractivity contribution is -0.191. The predicted octanol–water partition coefficient (Wildman–Crippen LogP) is 2.52. The zero-order chi connectivity index (χ0) is 13.2. The van der Waals surface area contributed by atoms with Gasteiger partial charge < -0.3 is 4.74 Å². The number of ether oxygens (including phenoxy) is 1. The lowest BCUT2D eigenvalue weighted by Crippen LogP contribution is -2.44. The van der Waals surface area contributed by atoms with E-state index in [1.54, 1.807) is 0 Å². The van der Waals surface area contributed by atoms with Crippen LogP contribution in [-0.4, -0.2) is 36.3 Å². The molecule has 19 heavy (non-hydrogen) atoms. The van der Waals surface area contributed by atoms with Crippen molar-refractivity contribution in [2.45, 2.75) is 64.0 Å². The molecular weight excluding hydrogens is 242 g/mol. The molecule has 0 N–H and O–H groups in total. The van der Waals surface area contributed by atoms with E-state index in [0.717, 1.165) is 25.3 Å². The highest BCUT2D eigenvalue weighted by molar-refractivity contribution is 5.75. The van der Waals surface area contributed by atoms with Crippen LogP contribution in [0.5, 0.6) is 0 Å². The Morgan fingerprint density at radius 2 is 2.00 bits per heavy atom. The first-order valence-electron chi connectivity index (χ1n) is 7.91. The molecule has 4 heteroatoms. The van der Waals surface area contributed by atoms with Crippen molar-refractivity contribution in [2.24, 2.45) is 11.8 Å². The summed E-state index contributed by atoms with van der Waals surface area (Å²) in [6.07, 6.45) is 8.57. The van der Waals surface area contributed by atoms with Gasteiger partial charge in [0, 0.05) is 18.5 Å². The maximum Gasteiger partial charge on any atom is 0.337 e. The van der Waals surface area contributed by atoms with Crippen LogP contribution in [-0.2, 0) is 14.4 Å². The summed E-state index contributed by atoms with van der Waals surface area (Å²) in [4.78, 5) is 18.0. The summed E-state index contributed by atoms with van der Waals surface area (Å²) in [5.41, 5.74) is 0. The zero-order valence-electron chi connectivity index (χ0n) is 11.8. The minimum atomic E-state index is -0.339. The first-order chi connectivity index (χ1) is 9.31. The minimum absolute atomic E-state index is 0.155. The van der Waals surface area contributed by atoms with Crippen molar-refractivity contribution < 1.29 is 14.4 Å². The van der Waals surface area contributed by atoms with Gasteiger partial charge in [-0.3, -0.25) is 4.84 Å². The fourth-order valence-corrected chi connectivity index (χ4v) is 4.20. The standard InChI is InChI=1S/C15H25NO3/c1-2-18-15(17)14-12-9-6-10-16(19-14)13(12)11-7-4-3-5-8-11/h11-14H,2-10H2,1H3/t12-,13-,14+/m0/s1. The van der Waals surface area contributed by atoms with Gasteiger partial charge in [0.15, 0.2) is 6.10 Å². The van der Waals surface area contributed by atoms with Gasteiger partial charge in [0.2, 0.25) is 0 Å². The van der Waals surface area contributed by atoms with Gasteiger partial charge in [0.05, 0.1) is 6.61 Å². The molecule has 3 rings (SSSR count). The van der Waals surface area contributed by atoms with Gasteiger partial charge in [0.1, 0.15) is 0 Å². The summed E-state index contributed by atoms with van der Waals surface area (Å²) < 4.78 is 5.18. The van der Waals surface area contributed by atoms with Gasteiger partial charge >= 0.3 is 5.97 Å². The molecule has 108 valence electrons. The van der Waals surface area contributed by atoms with E-state index in [2.05, 4.69) is 5.06 Å². The number of hydroxylamine groups is 2. The summed E-state index contributed by atoms with van der Waals surface area (Å²) in [6.45, 7) is 3.28. The fourth-order valence-electron chi connectivity index (χ4n) is 4.20. The lowest BCUT2D eigenvalue weighted by Gasteiger charge is -2.38. The van der Waals surface area contributed by atoms with E-state index in [9.17, 15) is 4.79 Å². The lowest BCUT2D eigenvalue weighted by atomic mass is 9.74. The van der Waals surface area contributed by atoms with Crippen LogP contribution in [0.1, 0.15) is 51.9 Å². The molecule has 2 bridgehead atoms. The van der Waals surface area contributed by atoms with Crippen LogP contribution in [0.3, 0.4) is 0 Å². The molecule has 0 aromatic heterocycles. The van der Waals surface area contributed by atoms with Crippen molar-refractivity contribution in [2.75, 3.05) is 13.2 Å². The second-order valence-corrected chi connectivity index (χ2v) is 6.11. The molecule has 3 fully saturated rings. The zero-order valence-corrected chi connectivity index (χ0v) is 11.8. The average molecular weight is 267 g/mol. The van der Waals surface area contributed by atoms with E-state index < -0.39 is 0 Å². The molecule has 0 radical (unpaired) electrons. The van der Waals surface area contributed by atoms with Crippen molar-refractivity contribution in [3.8, 4) is 0 Å². The number of nitrogens with zero attached hydrogens (tertiary/aromatic N) is 1. The molecule has 2 heterocycles. The molecule has 0 aromatic carbocycles. The quantitative estimate of drug-likeness (QED) is 0.737. The highest BCUT2D eigenvalue weighted by atomic mass is 16.7. The molecule has 1 unspecified atom stereocenters. The van der Waals surface area contributed by atoms with Gasteiger partial charge in [-0.05, 0) is 38.5 Å². The van der Waals surface area contributed by atoms with Crippen molar-refractivity contribution >= 4 is 5.97 Å². The smallest absolute Gasteiger partial charge is 0.337 e. The molecule has 1 saturated carbocycles. The van der Waals surface area contributed by atoms with E-state index in [1.165, 1.54) is 32.1 Å². The average Bonchev–Trinajstić information content (AvgIpc) is 2.66. The number of hydrogen-bond donors (Lipinski definition) is 0. The van der Waals surface area contributed by atoms with Crippen molar-refractivity contribution in [3.05, 3.63) is 0 Å². The number of esters is 1. The van der Waals surface area contributed by atoms with Crippen molar-refractivity contribution in [1.29, 1.82) is 0 Å². The first-order valence-corrected chi connectivity index (χ1v) is 7.91. The van der Waals surface area contributed by atoms with Crippen LogP contribution in [0.15, 0.2) is 0 Å². The fraction of sp³-hybridized carbons (Fsp3) is 0.933. The van der Waals surface area contributed by atoms with Crippen LogP contribution in [0, 0.1) is 11.8 Å². The van der Waals surface area contributed by atoms with Crippen LogP contribution in [0.2, 0.25) is 0 Å². The Hall–Kier alpha value is -0.610. The molecule has 0 amide bonds. The molecule has 2 aliphatic heterocycles. The number of piperidine rings is 1. The number of hydrogen-bond acceptors (Lipinski definition) is 4. The number of carbonyl (C=O) groups is 1. The van der Waals surface area contributed by atoms with Gasteiger partial charge in [-0.1, -0.05) is 19.3 Å². The van der Waals surface area contributed by atoms with E-state index in [1.807, 2.05) is 6.92 Å². The third-order valence-corrected chi connectivity index (χ3v) is 4.98. The maximum atomic E-state index is 12.0. The highest BCUT2D eigenvalue weighted by Crippen LogP contribution is 2.43. The Labute approximate surface area is 115 Å². The van der Waals surface area contributed by atoms with Crippen molar-refractivity contribution in [1.82, 2.24) is 5.06 Å². The van der Waals surface area contributed by atoms with Crippen molar-refractivity contribution in [3.63, 3.8) is 0 Å². The highest BCUT2D eigenvalue weighted by Gasteiger charge is 2.51. The van der Waals surface area contributed by atoms with Crippen LogP contribution < -0.4 is 0 Å². The SMILES string of the molecule is CCOC(=O)[C@@H]1ON2CCC[C@H]1[C@@H]2C1CCCCC1. The predicted molar refractivity (Wildman–Crippen MR) is 71.3 cm³/mol. The number of rotatable bonds is 3. The van der Waals surface area contributed by atoms with Gasteiger partial charge in [-0.2, -0.15) is 5.06 Å². The summed E-state index contributed by atoms with van der Waals surface area (Å²) >= 11 is 0. The Bertz CT molecular complexity index is 327. The molecule has 0 aromatic rings. The van der Waals surface area contributed by atoms with Crippen LogP contribution in [0.25, 0.3) is 0 Å². The minimum Gasteiger partial charge on any atom is -0.464 e. The van der Waals surface area contributed by atoms with E-state index in [0.29, 0.717) is 18.6 Å². The third kappa shape index (κ3) is 2.52. The van der Waals surface area contributed by atoms with Gasteiger partial charge in [-0.25, -0.2) is 4.79 Å². The Morgan fingerprint density at radius 3 is 2.74 bits per heavy atom. The maximum absolute atomic E-state index is 12.0. The number of carbonyl (C=O) groups excluding carboxylic acids is 1. The van der Waals surface area contributed by atoms with E-state index in [4.69, 9.17) is 9.57 Å². The van der Waals surface area contributed by atoms with E-state index >= 15 is 0 Å². The number of fused-ring (bicyclic) bond motifs is 2. The summed E-state index contributed by atoms with van der Waals surface area (Å²) in [7, 11) is 0.